The molecule has 0 bridgehead atoms. The average molecular weight is 660 g/mol. The molecule has 1 amide bonds. The highest BCUT2D eigenvalue weighted by atomic mass is 32.2. The Balaban J connectivity index is 1.09. The molecule has 1 aromatic carbocycles. The normalized spacial score (nSPS) is 42.2. The number of ether oxygens (including phenoxy) is 2. The summed E-state index contributed by atoms with van der Waals surface area (Å²) in [6.45, 7) is 13.4. The van der Waals surface area contributed by atoms with Crippen LogP contribution in [-0.4, -0.2) is 49.1 Å². The lowest BCUT2D eigenvalue weighted by Gasteiger charge is -2.64. The van der Waals surface area contributed by atoms with Crippen LogP contribution in [0.15, 0.2) is 23.1 Å². The molecule has 4 fully saturated rings. The molecule has 4 saturated carbocycles. The average Bonchev–Trinajstić information content (AvgIpc) is 3.52. The van der Waals surface area contributed by atoms with Crippen molar-refractivity contribution in [3.63, 3.8) is 0 Å². The van der Waals surface area contributed by atoms with Crippen molar-refractivity contribution >= 4 is 16.1 Å². The van der Waals surface area contributed by atoms with E-state index in [0.29, 0.717) is 35.8 Å². The summed E-state index contributed by atoms with van der Waals surface area (Å²) >= 11 is 0. The van der Waals surface area contributed by atoms with Gasteiger partial charge >= 0.3 is 6.09 Å². The Bertz CT molecular complexity index is 1420. The summed E-state index contributed by atoms with van der Waals surface area (Å²) in [4.78, 5) is 12.9. The molecule has 0 aromatic heterocycles. The number of carbonyl (C=O) groups is 1. The third kappa shape index (κ3) is 5.68. The lowest BCUT2D eigenvalue weighted by Crippen LogP contribution is -2.62. The number of aliphatic hydroxyl groups is 2. The van der Waals surface area contributed by atoms with Gasteiger partial charge in [0.2, 0.25) is 0 Å². The quantitative estimate of drug-likeness (QED) is 0.279. The number of carbonyl (C=O) groups excluding carboxylic acids is 1. The summed E-state index contributed by atoms with van der Waals surface area (Å²) in [5, 5.41) is 22.5. The molecule has 5 aliphatic rings. The topological polar surface area (TPSA) is 122 Å². The number of hydrogen-bond acceptors (Lipinski definition) is 7. The number of sulfonamides is 1. The van der Waals surface area contributed by atoms with E-state index in [2.05, 4.69) is 39.3 Å². The monoisotopic (exact) mass is 659 g/mol. The molecular weight excluding hydrogens is 602 g/mol. The summed E-state index contributed by atoms with van der Waals surface area (Å²) in [5.41, 5.74) is 0.673. The third-order valence-electron chi connectivity index (χ3n) is 13.9. The Morgan fingerprint density at radius 1 is 1.04 bits per heavy atom. The Morgan fingerprint density at radius 2 is 1.76 bits per heavy atom. The van der Waals surface area contributed by atoms with Crippen LogP contribution in [0.5, 0.6) is 5.75 Å². The molecular formula is C37H57NO7S. The standard InChI is InChI=1S/C37H57NO7S/c1-7-15-35(4)20-23-18-25(9-12-31(23)45-35)46(42,43)38-34(41)44-21-22(3)27-10-11-28-32-29(14-17-36(27,28)5)37(6)16-13-24(39)19-30(37)26(8-2)33(32)40/h9,12,18,22,24,26-30,32-33,39-40H,7-8,10-11,13-17,19-21H2,1-6H3,(H,38,41)/t22-,24-,26-,27-,28+,29+,30+,32+,33-,35?,36-,37-/m1/s1. The highest BCUT2D eigenvalue weighted by Crippen LogP contribution is 2.69. The molecule has 1 heterocycles. The summed E-state index contributed by atoms with van der Waals surface area (Å²) in [6, 6.07) is 4.75. The van der Waals surface area contributed by atoms with Crippen LogP contribution in [-0.2, 0) is 21.2 Å². The molecule has 0 saturated heterocycles. The van der Waals surface area contributed by atoms with Gasteiger partial charge in [-0.1, -0.05) is 47.5 Å². The van der Waals surface area contributed by atoms with Gasteiger partial charge in [0, 0.05) is 6.42 Å². The van der Waals surface area contributed by atoms with Crippen LogP contribution in [0.1, 0.15) is 111 Å². The van der Waals surface area contributed by atoms with Crippen molar-refractivity contribution < 1.29 is 32.9 Å². The smallest absolute Gasteiger partial charge is 0.421 e. The lowest BCUT2D eigenvalue weighted by atomic mass is 9.41. The van der Waals surface area contributed by atoms with Crippen LogP contribution in [0.3, 0.4) is 0 Å². The van der Waals surface area contributed by atoms with E-state index in [9.17, 15) is 23.4 Å². The van der Waals surface area contributed by atoms with Gasteiger partial charge in [0.05, 0.1) is 23.7 Å². The van der Waals surface area contributed by atoms with Crippen molar-refractivity contribution in [1.29, 1.82) is 0 Å². The number of hydrogen-bond donors (Lipinski definition) is 3. The van der Waals surface area contributed by atoms with Gasteiger partial charge in [0.1, 0.15) is 11.4 Å². The second-order valence-electron chi connectivity index (χ2n) is 16.6. The van der Waals surface area contributed by atoms with E-state index in [-0.39, 0.29) is 57.9 Å². The number of aliphatic hydroxyl groups excluding tert-OH is 2. The van der Waals surface area contributed by atoms with E-state index in [4.69, 9.17) is 9.47 Å². The number of nitrogens with one attached hydrogen (secondary N) is 1. The molecule has 1 aliphatic heterocycles. The molecule has 12 atom stereocenters. The zero-order valence-corrected chi connectivity index (χ0v) is 29.6. The van der Waals surface area contributed by atoms with Crippen molar-refractivity contribution in [2.24, 2.45) is 52.3 Å². The molecule has 3 N–H and O–H groups in total. The van der Waals surface area contributed by atoms with Crippen molar-refractivity contribution in [3.05, 3.63) is 23.8 Å². The number of fused-ring (bicyclic) bond motifs is 6. The fourth-order valence-electron chi connectivity index (χ4n) is 11.8. The predicted octanol–water partition coefficient (Wildman–Crippen LogP) is 6.86. The highest BCUT2D eigenvalue weighted by molar-refractivity contribution is 7.90. The van der Waals surface area contributed by atoms with Crippen LogP contribution in [0.4, 0.5) is 4.79 Å². The van der Waals surface area contributed by atoms with Crippen molar-refractivity contribution in [1.82, 2.24) is 4.72 Å². The van der Waals surface area contributed by atoms with E-state index in [1.54, 1.807) is 12.1 Å². The van der Waals surface area contributed by atoms with Crippen LogP contribution < -0.4 is 9.46 Å². The first-order chi connectivity index (χ1) is 21.7. The molecule has 258 valence electrons. The van der Waals surface area contributed by atoms with Crippen LogP contribution >= 0.6 is 0 Å². The first-order valence-corrected chi connectivity index (χ1v) is 19.5. The summed E-state index contributed by atoms with van der Waals surface area (Å²) in [7, 11) is -4.10. The largest absolute Gasteiger partial charge is 0.487 e. The van der Waals surface area contributed by atoms with Gasteiger partial charge < -0.3 is 19.7 Å². The predicted molar refractivity (Wildman–Crippen MR) is 177 cm³/mol. The zero-order chi connectivity index (χ0) is 33.2. The van der Waals surface area contributed by atoms with Crippen LogP contribution in [0, 0.1) is 52.3 Å². The molecule has 0 spiro atoms. The summed E-state index contributed by atoms with van der Waals surface area (Å²) in [5.74, 6) is 2.79. The van der Waals surface area contributed by atoms with Gasteiger partial charge in [0.15, 0.2) is 0 Å². The lowest BCUT2D eigenvalue weighted by molar-refractivity contribution is -0.203. The minimum Gasteiger partial charge on any atom is -0.487 e. The zero-order valence-electron chi connectivity index (χ0n) is 28.8. The Morgan fingerprint density at radius 3 is 2.48 bits per heavy atom. The maximum Gasteiger partial charge on any atom is 0.421 e. The summed E-state index contributed by atoms with van der Waals surface area (Å²) in [6.07, 6.45) is 8.81. The first-order valence-electron chi connectivity index (χ1n) is 18.0. The minimum atomic E-state index is -4.10. The van der Waals surface area contributed by atoms with Crippen molar-refractivity contribution in [2.45, 2.75) is 135 Å². The molecule has 8 nitrogen and oxygen atoms in total. The molecule has 6 rings (SSSR count). The number of benzene rings is 1. The molecule has 46 heavy (non-hydrogen) atoms. The molecule has 4 aliphatic carbocycles. The number of rotatable bonds is 8. The van der Waals surface area contributed by atoms with Gasteiger partial charge in [0.25, 0.3) is 10.0 Å². The summed E-state index contributed by atoms with van der Waals surface area (Å²) < 4.78 is 40.1. The second-order valence-corrected chi connectivity index (χ2v) is 18.2. The fourth-order valence-corrected chi connectivity index (χ4v) is 12.7. The van der Waals surface area contributed by atoms with Gasteiger partial charge in [-0.3, -0.25) is 0 Å². The third-order valence-corrected chi connectivity index (χ3v) is 15.2. The molecule has 9 heteroatoms. The minimum absolute atomic E-state index is 0.0297. The van der Waals surface area contributed by atoms with E-state index in [1.807, 2.05) is 6.92 Å². The van der Waals surface area contributed by atoms with Gasteiger partial charge in [-0.15, -0.1) is 0 Å². The molecule has 1 unspecified atom stereocenters. The Labute approximate surface area is 276 Å². The first kappa shape index (κ1) is 34.0. The van der Waals surface area contributed by atoms with E-state index in [0.717, 1.165) is 69.8 Å². The van der Waals surface area contributed by atoms with Crippen molar-refractivity contribution in [2.75, 3.05) is 6.61 Å². The second kappa shape index (κ2) is 12.2. The van der Waals surface area contributed by atoms with Crippen molar-refractivity contribution in [3.8, 4) is 5.75 Å². The van der Waals surface area contributed by atoms with Gasteiger partial charge in [-0.05, 0) is 134 Å². The van der Waals surface area contributed by atoms with Gasteiger partial charge in [-0.25, -0.2) is 17.9 Å². The Kier molecular flexibility index (Phi) is 9.06. The SMILES string of the molecule is CCCC1(C)Cc2cc(S(=O)(=O)NC(=O)OC[C@@H](C)[C@H]3CC[C@H]4[C@@H]5[C@H](O)[C@H](CC)[C@@H]6C[C@H](O)CC[C@]6(C)[C@H]5CC[C@]34C)ccc2O1. The molecule has 1 aromatic rings. The van der Waals surface area contributed by atoms with Gasteiger partial charge in [-0.2, -0.15) is 0 Å². The van der Waals surface area contributed by atoms with E-state index < -0.39 is 16.1 Å². The van der Waals surface area contributed by atoms with Crippen LogP contribution in [0.25, 0.3) is 0 Å². The Hall–Kier alpha value is -1.84. The van der Waals surface area contributed by atoms with E-state index >= 15 is 0 Å². The molecule has 0 radical (unpaired) electrons. The highest BCUT2D eigenvalue weighted by Gasteiger charge is 2.65. The fraction of sp³-hybridized carbons (Fsp3) is 0.811. The number of amides is 1. The van der Waals surface area contributed by atoms with Crippen LogP contribution in [0.2, 0.25) is 0 Å². The van der Waals surface area contributed by atoms with E-state index in [1.165, 1.54) is 6.07 Å². The maximum atomic E-state index is 13.1. The maximum absolute atomic E-state index is 13.1.